The quantitative estimate of drug-likeness (QED) is 0.870. The van der Waals surface area contributed by atoms with Crippen LogP contribution in [0.15, 0.2) is 23.1 Å². The number of hydrogen-bond donors (Lipinski definition) is 1. The number of anilines is 1. The topological polar surface area (TPSA) is 69.7 Å². The van der Waals surface area contributed by atoms with Gasteiger partial charge in [0.05, 0.1) is 4.90 Å². The third-order valence-corrected chi connectivity index (χ3v) is 5.24. The van der Waals surface area contributed by atoms with Crippen molar-refractivity contribution in [2.75, 3.05) is 39.1 Å². The van der Waals surface area contributed by atoms with E-state index in [0.717, 1.165) is 17.7 Å². The zero-order valence-electron chi connectivity index (χ0n) is 13.3. The lowest BCUT2D eigenvalue weighted by atomic mass is 10.1. The summed E-state index contributed by atoms with van der Waals surface area (Å²) >= 11 is 0. The highest BCUT2D eigenvalue weighted by Gasteiger charge is 2.21. The molecular formula is C15H23N3O3S. The van der Waals surface area contributed by atoms with Gasteiger partial charge in [0.15, 0.2) is 0 Å². The van der Waals surface area contributed by atoms with Crippen LogP contribution >= 0.6 is 0 Å². The van der Waals surface area contributed by atoms with Crippen LogP contribution in [0.1, 0.15) is 18.4 Å². The fourth-order valence-electron chi connectivity index (χ4n) is 2.48. The van der Waals surface area contributed by atoms with Crippen LogP contribution < -0.4 is 9.62 Å². The molecule has 1 heterocycles. The fraction of sp³-hybridized carbons (Fsp3) is 0.533. The number of aryl methyl sites for hydroxylation is 1. The van der Waals surface area contributed by atoms with Crippen molar-refractivity contribution in [1.82, 2.24) is 9.62 Å². The van der Waals surface area contributed by atoms with E-state index in [1.165, 1.54) is 0 Å². The van der Waals surface area contributed by atoms with Gasteiger partial charge in [-0.05, 0) is 50.7 Å². The van der Waals surface area contributed by atoms with E-state index in [2.05, 4.69) is 4.72 Å². The van der Waals surface area contributed by atoms with E-state index >= 15 is 0 Å². The number of nitrogens with zero attached hydrogens (tertiary/aromatic N) is 2. The molecule has 1 aromatic rings. The number of benzene rings is 1. The number of hydrogen-bond acceptors (Lipinski definition) is 4. The predicted molar refractivity (Wildman–Crippen MR) is 86.5 cm³/mol. The lowest BCUT2D eigenvalue weighted by Gasteiger charge is -2.18. The molecule has 0 aromatic heterocycles. The highest BCUT2D eigenvalue weighted by Crippen LogP contribution is 2.28. The van der Waals surface area contributed by atoms with Gasteiger partial charge in [-0.15, -0.1) is 0 Å². The average molecular weight is 325 g/mol. The van der Waals surface area contributed by atoms with Crippen LogP contribution in [0.25, 0.3) is 0 Å². The van der Waals surface area contributed by atoms with E-state index in [-0.39, 0.29) is 10.8 Å². The molecule has 0 spiro atoms. The Bertz CT molecular complexity index is 656. The second-order valence-corrected chi connectivity index (χ2v) is 7.56. The van der Waals surface area contributed by atoms with Gasteiger partial charge in [0, 0.05) is 32.2 Å². The van der Waals surface area contributed by atoms with Crippen LogP contribution in [-0.4, -0.2) is 53.5 Å². The monoisotopic (exact) mass is 325 g/mol. The fourth-order valence-corrected chi connectivity index (χ4v) is 3.55. The zero-order chi connectivity index (χ0) is 16.3. The Morgan fingerprint density at radius 1 is 1.27 bits per heavy atom. The van der Waals surface area contributed by atoms with Crippen molar-refractivity contribution in [2.24, 2.45) is 0 Å². The van der Waals surface area contributed by atoms with Crippen LogP contribution in [-0.2, 0) is 21.2 Å². The SMILES string of the molecule is CN(C)CCNS(=O)(=O)c1ccc2c(c1)CCCC(=O)N2C. The number of carbonyl (C=O) groups is 1. The van der Waals surface area contributed by atoms with Crippen molar-refractivity contribution in [3.63, 3.8) is 0 Å². The molecule has 0 saturated carbocycles. The van der Waals surface area contributed by atoms with Crippen LogP contribution in [0, 0.1) is 0 Å². The second-order valence-electron chi connectivity index (χ2n) is 5.80. The third-order valence-electron chi connectivity index (χ3n) is 3.78. The minimum absolute atomic E-state index is 0.0680. The Morgan fingerprint density at radius 3 is 2.68 bits per heavy atom. The van der Waals surface area contributed by atoms with Crippen LogP contribution in [0.5, 0.6) is 0 Å². The molecule has 22 heavy (non-hydrogen) atoms. The third kappa shape index (κ3) is 3.85. The first-order valence-electron chi connectivity index (χ1n) is 7.35. The highest BCUT2D eigenvalue weighted by molar-refractivity contribution is 7.89. The molecule has 0 aliphatic carbocycles. The molecule has 122 valence electrons. The number of likely N-dealkylation sites (N-methyl/N-ethyl adjacent to an activating group) is 1. The summed E-state index contributed by atoms with van der Waals surface area (Å²) in [5.74, 6) is 0.0680. The van der Waals surface area contributed by atoms with Crippen molar-refractivity contribution in [1.29, 1.82) is 0 Å². The molecule has 1 aromatic carbocycles. The van der Waals surface area contributed by atoms with Gasteiger partial charge in [-0.3, -0.25) is 4.79 Å². The average Bonchev–Trinajstić information content (AvgIpc) is 2.58. The number of amides is 1. The highest BCUT2D eigenvalue weighted by atomic mass is 32.2. The van der Waals surface area contributed by atoms with E-state index in [4.69, 9.17) is 0 Å². The molecule has 2 rings (SSSR count). The summed E-state index contributed by atoms with van der Waals surface area (Å²) in [5.41, 5.74) is 1.71. The van der Waals surface area contributed by atoms with E-state index in [1.807, 2.05) is 19.0 Å². The van der Waals surface area contributed by atoms with Gasteiger partial charge >= 0.3 is 0 Å². The second kappa shape index (κ2) is 6.76. The maximum absolute atomic E-state index is 12.3. The Kier molecular flexibility index (Phi) is 5.20. The number of fused-ring (bicyclic) bond motifs is 1. The zero-order valence-corrected chi connectivity index (χ0v) is 14.1. The largest absolute Gasteiger partial charge is 0.315 e. The maximum Gasteiger partial charge on any atom is 0.240 e. The summed E-state index contributed by atoms with van der Waals surface area (Å²) in [4.78, 5) is 15.6. The van der Waals surface area contributed by atoms with Crippen molar-refractivity contribution >= 4 is 21.6 Å². The molecule has 1 aliphatic heterocycles. The van der Waals surface area contributed by atoms with Gasteiger partial charge in [0.2, 0.25) is 15.9 Å². The first-order valence-corrected chi connectivity index (χ1v) is 8.83. The van der Waals surface area contributed by atoms with Gasteiger partial charge < -0.3 is 9.80 Å². The summed E-state index contributed by atoms with van der Waals surface area (Å²) in [6, 6.07) is 4.97. The van der Waals surface area contributed by atoms with E-state index in [1.54, 1.807) is 30.1 Å². The molecule has 0 radical (unpaired) electrons. The molecular weight excluding hydrogens is 302 g/mol. The molecule has 6 nitrogen and oxygen atoms in total. The number of carbonyl (C=O) groups excluding carboxylic acids is 1. The molecule has 0 fully saturated rings. The van der Waals surface area contributed by atoms with Crippen LogP contribution in [0.2, 0.25) is 0 Å². The summed E-state index contributed by atoms with van der Waals surface area (Å²) in [5, 5.41) is 0. The summed E-state index contributed by atoms with van der Waals surface area (Å²) in [7, 11) is 2.00. The first kappa shape index (κ1) is 16.9. The van der Waals surface area contributed by atoms with Crippen LogP contribution in [0.4, 0.5) is 5.69 Å². The molecule has 7 heteroatoms. The number of nitrogens with one attached hydrogen (secondary N) is 1. The van der Waals surface area contributed by atoms with Crippen molar-refractivity contribution in [3.05, 3.63) is 23.8 Å². The Hall–Kier alpha value is -1.44. The smallest absolute Gasteiger partial charge is 0.240 e. The lowest BCUT2D eigenvalue weighted by molar-refractivity contribution is -0.118. The molecule has 1 aliphatic rings. The van der Waals surface area contributed by atoms with Gasteiger partial charge in [-0.1, -0.05) is 0 Å². The van der Waals surface area contributed by atoms with Gasteiger partial charge in [0.25, 0.3) is 0 Å². The molecule has 0 unspecified atom stereocenters. The minimum Gasteiger partial charge on any atom is -0.315 e. The van der Waals surface area contributed by atoms with E-state index in [0.29, 0.717) is 25.9 Å². The van der Waals surface area contributed by atoms with Crippen molar-refractivity contribution < 1.29 is 13.2 Å². The Balaban J connectivity index is 2.23. The van der Waals surface area contributed by atoms with Crippen LogP contribution in [0.3, 0.4) is 0 Å². The van der Waals surface area contributed by atoms with E-state index < -0.39 is 10.0 Å². The lowest BCUT2D eigenvalue weighted by Crippen LogP contribution is -2.31. The minimum atomic E-state index is -3.51. The van der Waals surface area contributed by atoms with Crippen molar-refractivity contribution in [2.45, 2.75) is 24.2 Å². The first-order chi connectivity index (χ1) is 10.3. The molecule has 1 amide bonds. The Morgan fingerprint density at radius 2 is 2.00 bits per heavy atom. The summed E-state index contributed by atoms with van der Waals surface area (Å²) in [6.07, 6.45) is 1.95. The summed E-state index contributed by atoms with van der Waals surface area (Å²) < 4.78 is 27.2. The molecule has 0 atom stereocenters. The molecule has 0 saturated heterocycles. The van der Waals surface area contributed by atoms with Gasteiger partial charge in [-0.25, -0.2) is 13.1 Å². The maximum atomic E-state index is 12.3. The standard InChI is InChI=1S/C15H23N3O3S/c1-17(2)10-9-16-22(20,21)13-7-8-14-12(11-13)5-4-6-15(19)18(14)3/h7-8,11,16H,4-6,9-10H2,1-3H3. The summed E-state index contributed by atoms with van der Waals surface area (Å²) in [6.45, 7) is 1.01. The predicted octanol–water partition coefficient (Wildman–Crippen LogP) is 0.826. The number of sulfonamides is 1. The normalized spacial score (nSPS) is 15.8. The van der Waals surface area contributed by atoms with Crippen molar-refractivity contribution in [3.8, 4) is 0 Å². The molecule has 0 bridgehead atoms. The van der Waals surface area contributed by atoms with Gasteiger partial charge in [0.1, 0.15) is 0 Å². The van der Waals surface area contributed by atoms with Gasteiger partial charge in [-0.2, -0.15) is 0 Å². The Labute approximate surface area is 132 Å². The number of rotatable bonds is 5. The molecule has 1 N–H and O–H groups in total. The van der Waals surface area contributed by atoms with E-state index in [9.17, 15) is 13.2 Å².